The predicted octanol–water partition coefficient (Wildman–Crippen LogP) is 0.151. The summed E-state index contributed by atoms with van der Waals surface area (Å²) in [5.41, 5.74) is 0.785. The Kier molecular flexibility index (Phi) is 5.42. The summed E-state index contributed by atoms with van der Waals surface area (Å²) in [6.07, 6.45) is 1.83. The van der Waals surface area contributed by atoms with E-state index in [-0.39, 0.29) is 12.5 Å². The van der Waals surface area contributed by atoms with E-state index < -0.39 is 6.04 Å². The molecular formula is C15H17N7O3. The Morgan fingerprint density at radius 1 is 1.36 bits per heavy atom. The molecule has 2 heterocycles. The van der Waals surface area contributed by atoms with Gasteiger partial charge < -0.3 is 14.6 Å². The first-order valence-electron chi connectivity index (χ1n) is 7.63. The van der Waals surface area contributed by atoms with Crippen molar-refractivity contribution >= 4 is 5.91 Å². The van der Waals surface area contributed by atoms with E-state index in [0.29, 0.717) is 24.7 Å². The largest absolute Gasteiger partial charge is 0.377 e. The van der Waals surface area contributed by atoms with Gasteiger partial charge in [0.15, 0.2) is 11.9 Å². The molecular weight excluding hydrogens is 326 g/mol. The maximum atomic E-state index is 12.6. The number of benzene rings is 1. The van der Waals surface area contributed by atoms with Gasteiger partial charge in [-0.1, -0.05) is 35.5 Å². The van der Waals surface area contributed by atoms with Crippen LogP contribution < -0.4 is 5.32 Å². The standard InChI is InChI=1S/C15H17N7O3/c1-24-9-12-18-13(25-19-12)7-8-16-15(23)14(22-10-17-20-21-22)11-5-3-2-4-6-11/h2-6,10,14H,7-9H2,1H3,(H,16,23)/t14-/m1/s1. The smallest absolute Gasteiger partial charge is 0.249 e. The van der Waals surface area contributed by atoms with Crippen LogP contribution in [0.5, 0.6) is 0 Å². The number of hydrogen-bond donors (Lipinski definition) is 1. The summed E-state index contributed by atoms with van der Waals surface area (Å²) in [5.74, 6) is 0.681. The highest BCUT2D eigenvalue weighted by atomic mass is 16.5. The zero-order chi connectivity index (χ0) is 17.5. The SMILES string of the molecule is COCc1noc(CCNC(=O)[C@@H](c2ccccc2)n2cnnn2)n1. The number of tetrazole rings is 1. The van der Waals surface area contributed by atoms with Crippen LogP contribution in [0.1, 0.15) is 23.3 Å². The number of aromatic nitrogens is 6. The molecule has 0 bridgehead atoms. The van der Waals surface area contributed by atoms with Crippen molar-refractivity contribution in [3.05, 3.63) is 53.9 Å². The number of carbonyl (C=O) groups excluding carboxylic acids is 1. The van der Waals surface area contributed by atoms with E-state index >= 15 is 0 Å². The molecule has 3 rings (SSSR count). The molecule has 0 aliphatic rings. The second kappa shape index (κ2) is 8.11. The number of hydrogen-bond acceptors (Lipinski definition) is 8. The van der Waals surface area contributed by atoms with Gasteiger partial charge in [-0.3, -0.25) is 4.79 Å². The van der Waals surface area contributed by atoms with Crippen LogP contribution in [-0.4, -0.2) is 49.9 Å². The molecule has 0 radical (unpaired) electrons. The van der Waals surface area contributed by atoms with E-state index in [1.54, 1.807) is 7.11 Å². The minimum atomic E-state index is -0.650. The van der Waals surface area contributed by atoms with Crippen LogP contribution in [0.4, 0.5) is 0 Å². The molecule has 3 aromatic rings. The average molecular weight is 343 g/mol. The first-order valence-corrected chi connectivity index (χ1v) is 7.63. The molecule has 25 heavy (non-hydrogen) atoms. The van der Waals surface area contributed by atoms with Gasteiger partial charge in [-0.25, -0.2) is 4.68 Å². The maximum absolute atomic E-state index is 12.6. The van der Waals surface area contributed by atoms with Crippen molar-refractivity contribution < 1.29 is 14.1 Å². The van der Waals surface area contributed by atoms with Gasteiger partial charge in [0.2, 0.25) is 11.8 Å². The topological polar surface area (TPSA) is 121 Å². The number of nitrogens with one attached hydrogen (secondary N) is 1. The summed E-state index contributed by atoms with van der Waals surface area (Å²) in [7, 11) is 1.55. The van der Waals surface area contributed by atoms with Crippen molar-refractivity contribution in [2.45, 2.75) is 19.1 Å². The molecule has 0 saturated heterocycles. The Labute approximate surface area is 143 Å². The molecule has 1 amide bonds. The summed E-state index contributed by atoms with van der Waals surface area (Å²) in [5, 5.41) is 17.7. The van der Waals surface area contributed by atoms with Crippen LogP contribution in [0.15, 0.2) is 41.2 Å². The quantitative estimate of drug-likeness (QED) is 0.613. The van der Waals surface area contributed by atoms with Crippen molar-refractivity contribution in [3.8, 4) is 0 Å². The highest BCUT2D eigenvalue weighted by molar-refractivity contribution is 5.83. The third-order valence-corrected chi connectivity index (χ3v) is 3.41. The second-order valence-corrected chi connectivity index (χ2v) is 5.18. The van der Waals surface area contributed by atoms with E-state index in [0.717, 1.165) is 5.56 Å². The van der Waals surface area contributed by atoms with Crippen LogP contribution in [0.25, 0.3) is 0 Å². The molecule has 1 aromatic carbocycles. The van der Waals surface area contributed by atoms with Crippen LogP contribution >= 0.6 is 0 Å². The molecule has 0 fully saturated rings. The molecule has 10 nitrogen and oxygen atoms in total. The molecule has 10 heteroatoms. The molecule has 0 saturated carbocycles. The van der Waals surface area contributed by atoms with Gasteiger partial charge in [0, 0.05) is 20.1 Å². The normalized spacial score (nSPS) is 12.0. The van der Waals surface area contributed by atoms with Gasteiger partial charge in [-0.15, -0.1) is 5.10 Å². The Bertz CT molecular complexity index is 789. The van der Waals surface area contributed by atoms with Gasteiger partial charge >= 0.3 is 0 Å². The van der Waals surface area contributed by atoms with E-state index in [1.165, 1.54) is 11.0 Å². The summed E-state index contributed by atoms with van der Waals surface area (Å²) in [4.78, 5) is 16.8. The molecule has 130 valence electrons. The maximum Gasteiger partial charge on any atom is 0.249 e. The molecule has 0 spiro atoms. The lowest BCUT2D eigenvalue weighted by molar-refractivity contribution is -0.123. The summed E-state index contributed by atoms with van der Waals surface area (Å²) >= 11 is 0. The van der Waals surface area contributed by atoms with Crippen molar-refractivity contribution in [2.75, 3.05) is 13.7 Å². The lowest BCUT2D eigenvalue weighted by Gasteiger charge is -2.16. The van der Waals surface area contributed by atoms with Crippen molar-refractivity contribution in [1.29, 1.82) is 0 Å². The van der Waals surface area contributed by atoms with Gasteiger partial charge in [-0.2, -0.15) is 4.98 Å². The van der Waals surface area contributed by atoms with Crippen molar-refractivity contribution in [1.82, 2.24) is 35.7 Å². The van der Waals surface area contributed by atoms with E-state index in [9.17, 15) is 4.79 Å². The average Bonchev–Trinajstić information content (AvgIpc) is 3.29. The number of carbonyl (C=O) groups is 1. The van der Waals surface area contributed by atoms with Crippen LogP contribution in [0.3, 0.4) is 0 Å². The van der Waals surface area contributed by atoms with Gasteiger partial charge in [0.1, 0.15) is 12.9 Å². The Balaban J connectivity index is 1.63. The minimum absolute atomic E-state index is 0.227. The monoisotopic (exact) mass is 343 g/mol. The minimum Gasteiger partial charge on any atom is -0.377 e. The highest BCUT2D eigenvalue weighted by Crippen LogP contribution is 2.16. The van der Waals surface area contributed by atoms with E-state index in [4.69, 9.17) is 9.26 Å². The Morgan fingerprint density at radius 3 is 2.92 bits per heavy atom. The van der Waals surface area contributed by atoms with Crippen molar-refractivity contribution in [2.24, 2.45) is 0 Å². The molecule has 1 N–H and O–H groups in total. The molecule has 1 atom stereocenters. The summed E-state index contributed by atoms with van der Waals surface area (Å²) in [6.45, 7) is 0.629. The van der Waals surface area contributed by atoms with Crippen LogP contribution in [-0.2, 0) is 22.6 Å². The highest BCUT2D eigenvalue weighted by Gasteiger charge is 2.23. The number of nitrogens with zero attached hydrogens (tertiary/aromatic N) is 6. The number of rotatable bonds is 8. The van der Waals surface area contributed by atoms with Gasteiger partial charge in [0.05, 0.1) is 0 Å². The zero-order valence-electron chi connectivity index (χ0n) is 13.6. The molecule has 0 aliphatic heterocycles. The fourth-order valence-electron chi connectivity index (χ4n) is 2.31. The third kappa shape index (κ3) is 4.23. The fraction of sp³-hybridized carbons (Fsp3) is 0.333. The molecule has 0 aliphatic carbocycles. The zero-order valence-corrected chi connectivity index (χ0v) is 13.6. The number of ether oxygens (including phenoxy) is 1. The second-order valence-electron chi connectivity index (χ2n) is 5.18. The predicted molar refractivity (Wildman–Crippen MR) is 84.1 cm³/mol. The Hall–Kier alpha value is -3.14. The van der Waals surface area contributed by atoms with Gasteiger partial charge in [0.25, 0.3) is 0 Å². The first-order chi connectivity index (χ1) is 12.3. The fourth-order valence-corrected chi connectivity index (χ4v) is 2.31. The van der Waals surface area contributed by atoms with Crippen molar-refractivity contribution in [3.63, 3.8) is 0 Å². The van der Waals surface area contributed by atoms with Gasteiger partial charge in [-0.05, 0) is 16.0 Å². The third-order valence-electron chi connectivity index (χ3n) is 3.41. The van der Waals surface area contributed by atoms with Crippen LogP contribution in [0, 0.1) is 0 Å². The first kappa shape index (κ1) is 16.7. The summed E-state index contributed by atoms with van der Waals surface area (Å²) < 4.78 is 11.4. The van der Waals surface area contributed by atoms with E-state index in [1.807, 2.05) is 30.3 Å². The summed E-state index contributed by atoms with van der Waals surface area (Å²) in [6, 6.07) is 8.64. The lowest BCUT2D eigenvalue weighted by Crippen LogP contribution is -2.35. The van der Waals surface area contributed by atoms with E-state index in [2.05, 4.69) is 31.0 Å². The number of methoxy groups -OCH3 is 1. The number of amides is 1. The molecule has 2 aromatic heterocycles. The molecule has 0 unspecified atom stereocenters. The Morgan fingerprint density at radius 2 is 2.20 bits per heavy atom. The van der Waals surface area contributed by atoms with Crippen LogP contribution in [0.2, 0.25) is 0 Å². The lowest BCUT2D eigenvalue weighted by atomic mass is 10.1.